The van der Waals surface area contributed by atoms with Gasteiger partial charge in [0.1, 0.15) is 11.4 Å². The molecular formula is C13H23N3O2. The first-order chi connectivity index (χ1) is 8.61. The van der Waals surface area contributed by atoms with Crippen LogP contribution >= 0.6 is 0 Å². The first-order valence-electron chi connectivity index (χ1n) is 6.48. The lowest BCUT2D eigenvalue weighted by atomic mass is 9.96. The summed E-state index contributed by atoms with van der Waals surface area (Å²) in [6.45, 7) is 7.53. The molecule has 1 aromatic rings. The fourth-order valence-corrected chi connectivity index (χ4v) is 2.04. The van der Waals surface area contributed by atoms with Gasteiger partial charge in [-0.25, -0.2) is 4.98 Å². The zero-order valence-corrected chi connectivity index (χ0v) is 11.7. The molecule has 0 fully saturated rings. The normalized spacial score (nSPS) is 11.8. The highest BCUT2D eigenvalue weighted by Crippen LogP contribution is 2.28. The molecule has 0 aliphatic carbocycles. The van der Waals surface area contributed by atoms with Crippen molar-refractivity contribution in [3.8, 4) is 0 Å². The van der Waals surface area contributed by atoms with Gasteiger partial charge in [-0.2, -0.15) is 0 Å². The molecule has 1 rings (SSSR count). The van der Waals surface area contributed by atoms with E-state index in [1.54, 1.807) is 7.11 Å². The Morgan fingerprint density at radius 3 is 2.56 bits per heavy atom. The van der Waals surface area contributed by atoms with Crippen LogP contribution in [0, 0.1) is 0 Å². The van der Waals surface area contributed by atoms with E-state index < -0.39 is 5.60 Å². The first-order valence-corrected chi connectivity index (χ1v) is 6.48. The predicted molar refractivity (Wildman–Crippen MR) is 71.5 cm³/mol. The largest absolute Gasteiger partial charge is 0.370 e. The number of aromatic amines is 1. The number of hydrogen-bond acceptors (Lipinski definition) is 4. The van der Waals surface area contributed by atoms with Crippen molar-refractivity contribution in [2.24, 2.45) is 0 Å². The van der Waals surface area contributed by atoms with Gasteiger partial charge in [0.2, 0.25) is 0 Å². The van der Waals surface area contributed by atoms with Crippen LogP contribution in [0.3, 0.4) is 0 Å². The summed E-state index contributed by atoms with van der Waals surface area (Å²) in [4.78, 5) is 19.0. The number of rotatable bonds is 7. The highest BCUT2D eigenvalue weighted by molar-refractivity contribution is 5.09. The molecule has 5 heteroatoms. The lowest BCUT2D eigenvalue weighted by Gasteiger charge is -2.29. The molecule has 18 heavy (non-hydrogen) atoms. The minimum Gasteiger partial charge on any atom is -0.370 e. The van der Waals surface area contributed by atoms with E-state index >= 15 is 0 Å². The second-order valence-corrected chi connectivity index (χ2v) is 4.27. The molecule has 1 aromatic heterocycles. The van der Waals surface area contributed by atoms with Crippen LogP contribution in [0.4, 0.5) is 0 Å². The van der Waals surface area contributed by atoms with Crippen molar-refractivity contribution in [1.82, 2.24) is 15.3 Å². The molecule has 0 bridgehead atoms. The molecule has 1 heterocycles. The fourth-order valence-electron chi connectivity index (χ4n) is 2.04. The van der Waals surface area contributed by atoms with E-state index in [1.165, 1.54) is 6.07 Å². The van der Waals surface area contributed by atoms with Crippen LogP contribution in [-0.4, -0.2) is 23.6 Å². The maximum absolute atomic E-state index is 11.7. The lowest BCUT2D eigenvalue weighted by molar-refractivity contribution is -0.0295. The molecule has 0 atom stereocenters. The molecule has 0 aromatic carbocycles. The molecule has 0 radical (unpaired) electrons. The number of nitrogens with zero attached hydrogens (tertiary/aromatic N) is 1. The number of hydrogen-bond donors (Lipinski definition) is 2. The van der Waals surface area contributed by atoms with Gasteiger partial charge < -0.3 is 15.0 Å². The average molecular weight is 253 g/mol. The second kappa shape index (κ2) is 6.66. The lowest BCUT2D eigenvalue weighted by Crippen LogP contribution is -2.32. The maximum Gasteiger partial charge on any atom is 0.251 e. The summed E-state index contributed by atoms with van der Waals surface area (Å²) < 4.78 is 5.58. The van der Waals surface area contributed by atoms with Gasteiger partial charge in [0.05, 0.1) is 5.69 Å². The quantitative estimate of drug-likeness (QED) is 0.773. The van der Waals surface area contributed by atoms with Crippen molar-refractivity contribution in [3.63, 3.8) is 0 Å². The Kier molecular flexibility index (Phi) is 5.50. The van der Waals surface area contributed by atoms with Crippen LogP contribution in [-0.2, 0) is 16.9 Å². The molecule has 0 saturated heterocycles. The van der Waals surface area contributed by atoms with Gasteiger partial charge in [-0.3, -0.25) is 4.79 Å². The van der Waals surface area contributed by atoms with Gasteiger partial charge in [-0.05, 0) is 19.4 Å². The Bertz CT molecular complexity index is 416. The van der Waals surface area contributed by atoms with Gasteiger partial charge in [-0.15, -0.1) is 0 Å². The molecule has 0 aliphatic heterocycles. The van der Waals surface area contributed by atoms with E-state index in [-0.39, 0.29) is 5.56 Å². The zero-order valence-electron chi connectivity index (χ0n) is 11.7. The van der Waals surface area contributed by atoms with Crippen molar-refractivity contribution in [2.45, 2.75) is 45.8 Å². The van der Waals surface area contributed by atoms with Crippen LogP contribution in [0.5, 0.6) is 0 Å². The number of aromatic nitrogens is 2. The molecule has 0 spiro atoms. The molecule has 0 aliphatic rings. The molecule has 2 N–H and O–H groups in total. The predicted octanol–water partition coefficient (Wildman–Crippen LogP) is 1.54. The van der Waals surface area contributed by atoms with Crippen LogP contribution in [0.1, 0.15) is 45.1 Å². The van der Waals surface area contributed by atoms with Crippen molar-refractivity contribution in [3.05, 3.63) is 27.9 Å². The monoisotopic (exact) mass is 253 g/mol. The molecule has 0 saturated carbocycles. The van der Waals surface area contributed by atoms with E-state index in [1.807, 2.05) is 20.8 Å². The topological polar surface area (TPSA) is 67.0 Å². The van der Waals surface area contributed by atoms with Crippen molar-refractivity contribution in [1.29, 1.82) is 0 Å². The number of nitrogens with one attached hydrogen (secondary N) is 2. The van der Waals surface area contributed by atoms with Gasteiger partial charge >= 0.3 is 0 Å². The van der Waals surface area contributed by atoms with E-state index in [2.05, 4.69) is 15.3 Å². The molecule has 0 unspecified atom stereocenters. The van der Waals surface area contributed by atoms with Gasteiger partial charge in [-0.1, -0.05) is 20.8 Å². The van der Waals surface area contributed by atoms with Crippen molar-refractivity contribution in [2.75, 3.05) is 13.7 Å². The molecule has 5 nitrogen and oxygen atoms in total. The Labute approximate surface area is 108 Å². The summed E-state index contributed by atoms with van der Waals surface area (Å²) in [6, 6.07) is 1.53. The smallest absolute Gasteiger partial charge is 0.251 e. The summed E-state index contributed by atoms with van der Waals surface area (Å²) in [5, 5.41) is 3.17. The Morgan fingerprint density at radius 1 is 1.39 bits per heavy atom. The molecule has 0 amide bonds. The average Bonchev–Trinajstić information content (AvgIpc) is 2.39. The third kappa shape index (κ3) is 3.17. The Balaban J connectivity index is 3.15. The maximum atomic E-state index is 11.7. The number of ether oxygens (including phenoxy) is 1. The Hall–Kier alpha value is -1.20. The summed E-state index contributed by atoms with van der Waals surface area (Å²) in [6.07, 6.45) is 1.54. The van der Waals surface area contributed by atoms with Gasteiger partial charge in [0, 0.05) is 19.7 Å². The highest BCUT2D eigenvalue weighted by Gasteiger charge is 2.31. The summed E-state index contributed by atoms with van der Waals surface area (Å²) in [5.74, 6) is 0.621. The SMILES string of the molecule is CCNCc1cc(=O)[nH]c(C(CC)(CC)OC)n1. The molecule has 102 valence electrons. The minimum absolute atomic E-state index is 0.128. The van der Waals surface area contributed by atoms with Crippen LogP contribution in [0.2, 0.25) is 0 Å². The number of H-pyrrole nitrogens is 1. The van der Waals surface area contributed by atoms with E-state index in [9.17, 15) is 4.79 Å². The first kappa shape index (κ1) is 14.9. The van der Waals surface area contributed by atoms with Crippen LogP contribution in [0.15, 0.2) is 10.9 Å². The van der Waals surface area contributed by atoms with Crippen LogP contribution < -0.4 is 10.9 Å². The second-order valence-electron chi connectivity index (χ2n) is 4.27. The fraction of sp³-hybridized carbons (Fsp3) is 0.692. The van der Waals surface area contributed by atoms with E-state index in [0.717, 1.165) is 25.1 Å². The van der Waals surface area contributed by atoms with E-state index in [4.69, 9.17) is 4.74 Å². The zero-order chi connectivity index (χ0) is 13.6. The standard InChI is InChI=1S/C13H23N3O2/c1-5-13(6-2,18-4)12-15-10(9-14-7-3)8-11(17)16-12/h8,14H,5-7,9H2,1-4H3,(H,15,16,17). The summed E-state index contributed by atoms with van der Waals surface area (Å²) >= 11 is 0. The summed E-state index contributed by atoms with van der Waals surface area (Å²) in [5.41, 5.74) is 0.122. The third-order valence-corrected chi connectivity index (χ3v) is 3.32. The third-order valence-electron chi connectivity index (χ3n) is 3.32. The van der Waals surface area contributed by atoms with Crippen molar-refractivity contribution < 1.29 is 4.74 Å². The van der Waals surface area contributed by atoms with E-state index in [0.29, 0.717) is 12.4 Å². The molecular weight excluding hydrogens is 230 g/mol. The van der Waals surface area contributed by atoms with Gasteiger partial charge in [0.25, 0.3) is 5.56 Å². The minimum atomic E-state index is -0.499. The van der Waals surface area contributed by atoms with Crippen molar-refractivity contribution >= 4 is 0 Å². The highest BCUT2D eigenvalue weighted by atomic mass is 16.5. The Morgan fingerprint density at radius 2 is 2.06 bits per heavy atom. The summed E-state index contributed by atoms with van der Waals surface area (Å²) in [7, 11) is 1.66. The van der Waals surface area contributed by atoms with Crippen LogP contribution in [0.25, 0.3) is 0 Å². The number of methoxy groups -OCH3 is 1. The van der Waals surface area contributed by atoms with Gasteiger partial charge in [0.15, 0.2) is 0 Å².